The Hall–Kier alpha value is -4.32. The lowest BCUT2D eigenvalue weighted by molar-refractivity contribution is -0.193. The number of para-hydroxylation sites is 1. The maximum Gasteiger partial charge on any atom is 0.490 e. The zero-order valence-corrected chi connectivity index (χ0v) is 24.3. The van der Waals surface area contributed by atoms with Crippen LogP contribution in [-0.2, 0) is 20.8 Å². The Bertz CT molecular complexity index is 1350. The summed E-state index contributed by atoms with van der Waals surface area (Å²) >= 11 is 0. The second-order valence-corrected chi connectivity index (χ2v) is 9.66. The van der Waals surface area contributed by atoms with Crippen molar-refractivity contribution in [1.82, 2.24) is 10.3 Å². The Morgan fingerprint density at radius 2 is 1.41 bits per heavy atom. The first kappa shape index (κ1) is 39.7. The normalized spacial score (nSPS) is 13.2. The maximum atomic E-state index is 13.1. The number of aliphatic hydroxyl groups excluding tert-OH is 1. The number of amides is 1. The maximum absolute atomic E-state index is 13.1. The molecular formula is C29H35F6N5O6. The monoisotopic (exact) mass is 663 g/mol. The first-order valence-corrected chi connectivity index (χ1v) is 13.6. The standard InChI is InChI=1S/C25H33N5O2.2C2HF3O2/c26-14-6-10-21(27)24(31)17-29-23(13-12-18-7-2-1-3-8-18)25(32)30-20-15-19-9-4-5-11-22(19)28-16-20;2*3-2(4,5)1(6)7/h1-5,7-9,11,15-16,21,23-24,29,31H,6,10,12-14,17,26-27H2,(H,30,32);2*(H,6,7)/t21-,23-,24?;;/m1../s1. The van der Waals surface area contributed by atoms with Crippen LogP contribution in [0, 0.1) is 0 Å². The summed E-state index contributed by atoms with van der Waals surface area (Å²) in [7, 11) is 0. The lowest BCUT2D eigenvalue weighted by atomic mass is 10.0. The third kappa shape index (κ3) is 15.6. The first-order chi connectivity index (χ1) is 21.4. The number of nitrogens with two attached hydrogens (primary N) is 2. The van der Waals surface area contributed by atoms with Crippen molar-refractivity contribution in [1.29, 1.82) is 0 Å². The second-order valence-electron chi connectivity index (χ2n) is 9.66. The summed E-state index contributed by atoms with van der Waals surface area (Å²) in [6, 6.07) is 18.8. The summed E-state index contributed by atoms with van der Waals surface area (Å²) in [5, 5.41) is 31.8. The van der Waals surface area contributed by atoms with Crippen molar-refractivity contribution in [3.63, 3.8) is 0 Å². The van der Waals surface area contributed by atoms with Crippen molar-refractivity contribution in [3.8, 4) is 0 Å². The number of carbonyl (C=O) groups is 3. The molecule has 0 saturated heterocycles. The van der Waals surface area contributed by atoms with Crippen molar-refractivity contribution in [2.24, 2.45) is 11.5 Å². The summed E-state index contributed by atoms with van der Waals surface area (Å²) < 4.78 is 63.5. The third-order valence-electron chi connectivity index (χ3n) is 6.03. The number of nitrogens with one attached hydrogen (secondary N) is 2. The highest BCUT2D eigenvalue weighted by atomic mass is 19.4. The minimum Gasteiger partial charge on any atom is -0.475 e. The number of carboxylic acids is 2. The molecule has 3 aromatic rings. The Balaban J connectivity index is 0.000000629. The van der Waals surface area contributed by atoms with Gasteiger partial charge in [0.05, 0.1) is 29.5 Å². The molecule has 17 heteroatoms. The van der Waals surface area contributed by atoms with E-state index in [0.29, 0.717) is 25.1 Å². The molecule has 254 valence electrons. The predicted octanol–water partition coefficient (Wildman–Crippen LogP) is 3.46. The van der Waals surface area contributed by atoms with Crippen LogP contribution in [0.25, 0.3) is 10.9 Å². The van der Waals surface area contributed by atoms with E-state index in [1.54, 1.807) is 6.20 Å². The number of hydrogen-bond acceptors (Lipinski definition) is 8. The fourth-order valence-corrected chi connectivity index (χ4v) is 3.61. The van der Waals surface area contributed by atoms with Crippen LogP contribution < -0.4 is 22.1 Å². The molecule has 0 aliphatic carbocycles. The number of aliphatic carboxylic acids is 2. The average Bonchev–Trinajstić information content (AvgIpc) is 2.99. The summed E-state index contributed by atoms with van der Waals surface area (Å²) in [5.74, 6) is -5.68. The molecule has 46 heavy (non-hydrogen) atoms. The fraction of sp³-hybridized carbons (Fsp3) is 0.379. The summed E-state index contributed by atoms with van der Waals surface area (Å²) in [6.07, 6.45) is -6.55. The highest BCUT2D eigenvalue weighted by molar-refractivity contribution is 5.96. The molecular weight excluding hydrogens is 628 g/mol. The van der Waals surface area contributed by atoms with Crippen LogP contribution in [0.15, 0.2) is 66.9 Å². The van der Waals surface area contributed by atoms with Gasteiger partial charge in [-0.1, -0.05) is 48.5 Å². The second kappa shape index (κ2) is 19.3. The number of aromatic nitrogens is 1. The van der Waals surface area contributed by atoms with Gasteiger partial charge in [-0.05, 0) is 49.9 Å². The molecule has 0 saturated carbocycles. The number of fused-ring (bicyclic) bond motifs is 1. The van der Waals surface area contributed by atoms with Gasteiger partial charge in [0.15, 0.2) is 0 Å². The number of alkyl halides is 6. The molecule has 1 heterocycles. The van der Waals surface area contributed by atoms with Crippen molar-refractivity contribution >= 4 is 34.4 Å². The number of rotatable bonds is 12. The van der Waals surface area contributed by atoms with E-state index in [9.17, 15) is 36.2 Å². The molecule has 0 bridgehead atoms. The Labute approximate surface area is 259 Å². The van der Waals surface area contributed by atoms with Crippen LogP contribution >= 0.6 is 0 Å². The lowest BCUT2D eigenvalue weighted by Gasteiger charge is -2.23. The molecule has 11 nitrogen and oxygen atoms in total. The van der Waals surface area contributed by atoms with E-state index in [1.807, 2.05) is 60.7 Å². The third-order valence-corrected chi connectivity index (χ3v) is 6.03. The SMILES string of the molecule is NCCC[C@@H](N)C(O)CN[C@H](CCc1ccccc1)C(=O)Nc1cnc2ccccc2c1.O=C(O)C(F)(F)F.O=C(O)C(F)(F)F. The van der Waals surface area contributed by atoms with Gasteiger partial charge in [0.2, 0.25) is 5.91 Å². The molecule has 1 amide bonds. The van der Waals surface area contributed by atoms with E-state index in [2.05, 4.69) is 15.6 Å². The van der Waals surface area contributed by atoms with Crippen LogP contribution in [0.5, 0.6) is 0 Å². The molecule has 9 N–H and O–H groups in total. The number of nitrogens with zero attached hydrogens (tertiary/aromatic N) is 1. The molecule has 0 aliphatic heterocycles. The highest BCUT2D eigenvalue weighted by Gasteiger charge is 2.38. The number of pyridine rings is 1. The number of aryl methyl sites for hydroxylation is 1. The fourth-order valence-electron chi connectivity index (χ4n) is 3.61. The van der Waals surface area contributed by atoms with Crippen LogP contribution in [-0.4, -0.2) is 81.8 Å². The highest BCUT2D eigenvalue weighted by Crippen LogP contribution is 2.17. The van der Waals surface area contributed by atoms with Crippen LogP contribution in [0.2, 0.25) is 0 Å². The number of carboxylic acid groups (broad SMARTS) is 2. The van der Waals surface area contributed by atoms with Crippen molar-refractivity contribution < 1.29 is 56.0 Å². The first-order valence-electron chi connectivity index (χ1n) is 13.6. The van der Waals surface area contributed by atoms with Gasteiger partial charge >= 0.3 is 24.3 Å². The zero-order chi connectivity index (χ0) is 34.9. The van der Waals surface area contributed by atoms with Gasteiger partial charge in [-0.25, -0.2) is 9.59 Å². The van der Waals surface area contributed by atoms with Crippen molar-refractivity contribution in [2.75, 3.05) is 18.4 Å². The van der Waals surface area contributed by atoms with Crippen LogP contribution in [0.3, 0.4) is 0 Å². The van der Waals surface area contributed by atoms with Crippen LogP contribution in [0.1, 0.15) is 24.8 Å². The summed E-state index contributed by atoms with van der Waals surface area (Å²) in [4.78, 5) is 35.3. The van der Waals surface area contributed by atoms with Gasteiger partial charge in [-0.15, -0.1) is 0 Å². The zero-order valence-electron chi connectivity index (χ0n) is 24.3. The van der Waals surface area contributed by atoms with Crippen LogP contribution in [0.4, 0.5) is 32.0 Å². The quantitative estimate of drug-likeness (QED) is 0.141. The van der Waals surface area contributed by atoms with Gasteiger partial charge in [0, 0.05) is 18.0 Å². The smallest absolute Gasteiger partial charge is 0.475 e. The van der Waals surface area contributed by atoms with Gasteiger partial charge in [0.25, 0.3) is 0 Å². The van der Waals surface area contributed by atoms with E-state index in [1.165, 1.54) is 0 Å². The molecule has 1 unspecified atom stereocenters. The van der Waals surface area contributed by atoms with Crippen molar-refractivity contribution in [2.45, 2.75) is 56.2 Å². The number of anilines is 1. The number of halogens is 6. The number of hydrogen-bond donors (Lipinski definition) is 7. The topological polar surface area (TPSA) is 201 Å². The minimum absolute atomic E-state index is 0.166. The van der Waals surface area contributed by atoms with Crippen molar-refractivity contribution in [3.05, 3.63) is 72.4 Å². The van der Waals surface area contributed by atoms with E-state index in [4.69, 9.17) is 31.3 Å². The Morgan fingerprint density at radius 1 is 0.870 bits per heavy atom. The van der Waals surface area contributed by atoms with Gasteiger partial charge in [-0.3, -0.25) is 9.78 Å². The largest absolute Gasteiger partial charge is 0.490 e. The minimum atomic E-state index is -5.08. The number of aliphatic hydroxyl groups is 1. The molecule has 0 spiro atoms. The Kier molecular flexibility index (Phi) is 16.6. The molecule has 2 aromatic carbocycles. The van der Waals surface area contributed by atoms with Gasteiger partial charge in [0.1, 0.15) is 0 Å². The van der Waals surface area contributed by atoms with Gasteiger partial charge < -0.3 is 37.4 Å². The summed E-state index contributed by atoms with van der Waals surface area (Å²) in [5.41, 5.74) is 14.2. The molecule has 3 atom stereocenters. The molecule has 1 aromatic heterocycles. The predicted molar refractivity (Wildman–Crippen MR) is 157 cm³/mol. The van der Waals surface area contributed by atoms with E-state index in [-0.39, 0.29) is 18.5 Å². The summed E-state index contributed by atoms with van der Waals surface area (Å²) in [6.45, 7) is 0.768. The molecule has 0 aliphatic rings. The van der Waals surface area contributed by atoms with E-state index < -0.39 is 36.4 Å². The van der Waals surface area contributed by atoms with E-state index >= 15 is 0 Å². The van der Waals surface area contributed by atoms with Gasteiger partial charge in [-0.2, -0.15) is 26.3 Å². The van der Waals surface area contributed by atoms with E-state index in [0.717, 1.165) is 29.3 Å². The number of carbonyl (C=O) groups excluding carboxylic acids is 1. The molecule has 3 rings (SSSR count). The molecule has 0 radical (unpaired) electrons. The average molecular weight is 664 g/mol. The Morgan fingerprint density at radius 3 is 1.96 bits per heavy atom. The lowest BCUT2D eigenvalue weighted by Crippen LogP contribution is -2.48. The number of benzene rings is 2. The molecule has 0 fully saturated rings.